The number of hydrogen-bond acceptors (Lipinski definition) is 3. The molecule has 0 atom stereocenters. The first-order chi connectivity index (χ1) is 7.56. The summed E-state index contributed by atoms with van der Waals surface area (Å²) in [5.74, 6) is 0.0814. The van der Waals surface area contributed by atoms with E-state index in [0.29, 0.717) is 0 Å². The molecule has 2 aromatic rings. The molecule has 82 valence electrons. The second-order valence-corrected chi connectivity index (χ2v) is 5.03. The van der Waals surface area contributed by atoms with Crippen LogP contribution >= 0.6 is 11.3 Å². The summed E-state index contributed by atoms with van der Waals surface area (Å²) in [6.45, 7) is 5.82. The molecule has 2 nitrogen and oxygen atoms in total. The molecule has 0 amide bonds. The average molecular weight is 231 g/mol. The minimum absolute atomic E-state index is 0.0814. The zero-order valence-electron chi connectivity index (χ0n) is 9.57. The lowest BCUT2D eigenvalue weighted by Gasteiger charge is -2.01. The van der Waals surface area contributed by atoms with Gasteiger partial charge in [0, 0.05) is 32.8 Å². The van der Waals surface area contributed by atoms with Crippen molar-refractivity contribution < 1.29 is 4.79 Å². The summed E-state index contributed by atoms with van der Waals surface area (Å²) in [4.78, 5) is 17.6. The zero-order chi connectivity index (χ0) is 11.7. The largest absolute Gasteiger partial charge is 0.289 e. The third-order valence-electron chi connectivity index (χ3n) is 2.34. The van der Waals surface area contributed by atoms with E-state index in [1.165, 1.54) is 0 Å². The lowest BCUT2D eigenvalue weighted by Crippen LogP contribution is -2.02. The van der Waals surface area contributed by atoms with Gasteiger partial charge in [-0.1, -0.05) is 0 Å². The zero-order valence-corrected chi connectivity index (χ0v) is 10.4. The van der Waals surface area contributed by atoms with Crippen LogP contribution in [-0.4, -0.2) is 10.8 Å². The van der Waals surface area contributed by atoms with Crippen molar-refractivity contribution in [2.45, 2.75) is 20.8 Å². The Hall–Kier alpha value is -1.48. The van der Waals surface area contributed by atoms with Crippen molar-refractivity contribution in [3.63, 3.8) is 0 Å². The highest BCUT2D eigenvalue weighted by Crippen LogP contribution is 2.17. The SMILES string of the molecule is Cc1cc(C(=O)c2csc(C)c2)cc(C)n1. The lowest BCUT2D eigenvalue weighted by atomic mass is 10.1. The van der Waals surface area contributed by atoms with E-state index in [0.717, 1.165) is 27.4 Å². The molecule has 0 saturated heterocycles. The molecule has 3 heteroatoms. The van der Waals surface area contributed by atoms with Gasteiger partial charge in [0.25, 0.3) is 0 Å². The van der Waals surface area contributed by atoms with Gasteiger partial charge in [0.2, 0.25) is 0 Å². The Bertz CT molecular complexity index is 522. The van der Waals surface area contributed by atoms with Crippen molar-refractivity contribution in [1.29, 1.82) is 0 Å². The van der Waals surface area contributed by atoms with Crippen molar-refractivity contribution >= 4 is 17.1 Å². The Labute approximate surface area is 99.0 Å². The number of pyridine rings is 1. The van der Waals surface area contributed by atoms with Gasteiger partial charge >= 0.3 is 0 Å². The summed E-state index contributed by atoms with van der Waals surface area (Å²) in [5.41, 5.74) is 3.26. The number of aromatic nitrogens is 1. The van der Waals surface area contributed by atoms with Crippen LogP contribution in [0.15, 0.2) is 23.6 Å². The van der Waals surface area contributed by atoms with Crippen LogP contribution in [0.2, 0.25) is 0 Å². The van der Waals surface area contributed by atoms with Gasteiger partial charge < -0.3 is 0 Å². The minimum atomic E-state index is 0.0814. The van der Waals surface area contributed by atoms with E-state index >= 15 is 0 Å². The average Bonchev–Trinajstić information content (AvgIpc) is 2.62. The van der Waals surface area contributed by atoms with Gasteiger partial charge in [-0.3, -0.25) is 9.78 Å². The number of aryl methyl sites for hydroxylation is 3. The highest BCUT2D eigenvalue weighted by molar-refractivity contribution is 7.10. The fourth-order valence-corrected chi connectivity index (χ4v) is 2.38. The van der Waals surface area contributed by atoms with Gasteiger partial charge in [0.05, 0.1) is 0 Å². The number of carbonyl (C=O) groups excluding carboxylic acids is 1. The molecule has 2 heterocycles. The van der Waals surface area contributed by atoms with E-state index in [1.807, 2.05) is 44.4 Å². The minimum Gasteiger partial charge on any atom is -0.289 e. The quantitative estimate of drug-likeness (QED) is 0.742. The first kappa shape index (κ1) is 11.0. The van der Waals surface area contributed by atoms with Gasteiger partial charge in [0.1, 0.15) is 0 Å². The third-order valence-corrected chi connectivity index (χ3v) is 3.20. The molecule has 0 aliphatic rings. The summed E-state index contributed by atoms with van der Waals surface area (Å²) >= 11 is 1.60. The Kier molecular flexibility index (Phi) is 2.88. The molecule has 2 rings (SSSR count). The molecule has 0 bridgehead atoms. The number of rotatable bonds is 2. The van der Waals surface area contributed by atoms with Gasteiger partial charge in [0.15, 0.2) is 5.78 Å². The number of carbonyl (C=O) groups is 1. The van der Waals surface area contributed by atoms with Crippen LogP contribution in [0.1, 0.15) is 32.2 Å². The van der Waals surface area contributed by atoms with Crippen LogP contribution in [0.3, 0.4) is 0 Å². The van der Waals surface area contributed by atoms with Gasteiger partial charge in [-0.2, -0.15) is 0 Å². The van der Waals surface area contributed by atoms with Crippen LogP contribution in [0, 0.1) is 20.8 Å². The van der Waals surface area contributed by atoms with E-state index in [9.17, 15) is 4.79 Å². The first-order valence-corrected chi connectivity index (χ1v) is 5.99. The van der Waals surface area contributed by atoms with Crippen LogP contribution in [0.25, 0.3) is 0 Å². The molecule has 0 unspecified atom stereocenters. The Balaban J connectivity index is 2.41. The summed E-state index contributed by atoms with van der Waals surface area (Å²) in [6, 6.07) is 5.60. The van der Waals surface area contributed by atoms with Gasteiger partial charge in [-0.15, -0.1) is 11.3 Å². The van der Waals surface area contributed by atoms with Crippen molar-refractivity contribution in [3.05, 3.63) is 51.0 Å². The van der Waals surface area contributed by atoms with E-state index in [2.05, 4.69) is 4.98 Å². The van der Waals surface area contributed by atoms with Gasteiger partial charge in [-0.05, 0) is 39.0 Å². The molecule has 0 fully saturated rings. The molecular weight excluding hydrogens is 218 g/mol. The number of hydrogen-bond donors (Lipinski definition) is 0. The molecule has 0 aliphatic heterocycles. The fraction of sp³-hybridized carbons (Fsp3) is 0.231. The summed E-state index contributed by atoms with van der Waals surface area (Å²) in [6.07, 6.45) is 0. The topological polar surface area (TPSA) is 30.0 Å². The molecule has 0 spiro atoms. The first-order valence-electron chi connectivity index (χ1n) is 5.11. The molecule has 0 N–H and O–H groups in total. The van der Waals surface area contributed by atoms with Crippen LogP contribution in [0.4, 0.5) is 0 Å². The predicted molar refractivity (Wildman–Crippen MR) is 66.2 cm³/mol. The normalized spacial score (nSPS) is 10.4. The summed E-state index contributed by atoms with van der Waals surface area (Å²) in [5, 5.41) is 1.91. The molecule has 0 aromatic carbocycles. The second kappa shape index (κ2) is 4.18. The smallest absolute Gasteiger partial charge is 0.194 e. The Morgan fingerprint density at radius 2 is 1.69 bits per heavy atom. The van der Waals surface area contributed by atoms with Crippen molar-refractivity contribution in [2.24, 2.45) is 0 Å². The molecular formula is C13H13NOS. The van der Waals surface area contributed by atoms with E-state index in [-0.39, 0.29) is 5.78 Å². The Morgan fingerprint density at radius 1 is 1.06 bits per heavy atom. The molecule has 0 saturated carbocycles. The number of nitrogens with zero attached hydrogens (tertiary/aromatic N) is 1. The molecule has 0 radical (unpaired) electrons. The van der Waals surface area contributed by atoms with Crippen molar-refractivity contribution in [1.82, 2.24) is 4.98 Å². The standard InChI is InChI=1S/C13H13NOS/c1-8-4-11(5-9(2)14-8)13(15)12-6-10(3)16-7-12/h4-7H,1-3H3. The highest BCUT2D eigenvalue weighted by Gasteiger charge is 2.11. The van der Waals surface area contributed by atoms with Crippen molar-refractivity contribution in [2.75, 3.05) is 0 Å². The molecule has 2 aromatic heterocycles. The van der Waals surface area contributed by atoms with Crippen LogP contribution in [0.5, 0.6) is 0 Å². The Morgan fingerprint density at radius 3 is 2.19 bits per heavy atom. The predicted octanol–water partition coefficient (Wildman–Crippen LogP) is 3.30. The monoisotopic (exact) mass is 231 g/mol. The maximum absolute atomic E-state index is 12.1. The van der Waals surface area contributed by atoms with E-state index in [1.54, 1.807) is 11.3 Å². The van der Waals surface area contributed by atoms with Crippen LogP contribution < -0.4 is 0 Å². The maximum atomic E-state index is 12.1. The number of ketones is 1. The maximum Gasteiger partial charge on any atom is 0.194 e. The molecule has 0 aliphatic carbocycles. The lowest BCUT2D eigenvalue weighted by molar-refractivity contribution is 0.103. The van der Waals surface area contributed by atoms with E-state index in [4.69, 9.17) is 0 Å². The van der Waals surface area contributed by atoms with Gasteiger partial charge in [-0.25, -0.2) is 0 Å². The highest BCUT2D eigenvalue weighted by atomic mass is 32.1. The van der Waals surface area contributed by atoms with Crippen molar-refractivity contribution in [3.8, 4) is 0 Å². The number of thiophene rings is 1. The summed E-state index contributed by atoms with van der Waals surface area (Å²) < 4.78 is 0. The summed E-state index contributed by atoms with van der Waals surface area (Å²) in [7, 11) is 0. The van der Waals surface area contributed by atoms with Crippen LogP contribution in [-0.2, 0) is 0 Å². The fourth-order valence-electron chi connectivity index (χ4n) is 1.69. The van der Waals surface area contributed by atoms with E-state index < -0.39 is 0 Å². The second-order valence-electron chi connectivity index (χ2n) is 3.91. The molecule has 16 heavy (non-hydrogen) atoms. The third kappa shape index (κ3) is 2.19.